The van der Waals surface area contributed by atoms with E-state index in [0.29, 0.717) is 12.0 Å². The summed E-state index contributed by atoms with van der Waals surface area (Å²) in [6, 6.07) is 4.63. The summed E-state index contributed by atoms with van der Waals surface area (Å²) in [5.41, 5.74) is 5.72. The van der Waals surface area contributed by atoms with E-state index < -0.39 is 0 Å². The molecule has 2 N–H and O–H groups in total. The Bertz CT molecular complexity index is 257. The number of nitrogens with two attached hydrogens (primary N) is 1. The molecule has 0 saturated carbocycles. The van der Waals surface area contributed by atoms with Crippen LogP contribution in [0.1, 0.15) is 37.5 Å². The minimum Gasteiger partial charge on any atom is -0.328 e. The fraction of sp³-hybridized carbons (Fsp3) is 0.600. The lowest BCUT2D eigenvalue weighted by molar-refractivity contribution is 0.573. The Labute approximate surface area is 92.5 Å². The Balaban J connectivity index is 2.44. The van der Waals surface area contributed by atoms with Crippen molar-refractivity contribution in [1.82, 2.24) is 0 Å². The summed E-state index contributed by atoms with van der Waals surface area (Å²) in [5, 5.41) is 0. The van der Waals surface area contributed by atoms with Crippen LogP contribution in [0.15, 0.2) is 15.9 Å². The average Bonchev–Trinajstić information content (AvgIpc) is 2.47. The lowest BCUT2D eigenvalue weighted by atomic mass is 10.0. The molecule has 0 amide bonds. The van der Waals surface area contributed by atoms with Gasteiger partial charge in [0.15, 0.2) is 0 Å². The molecule has 0 aromatic carbocycles. The topological polar surface area (TPSA) is 26.0 Å². The van der Waals surface area contributed by atoms with Crippen LogP contribution in [0.3, 0.4) is 0 Å². The van der Waals surface area contributed by atoms with Crippen molar-refractivity contribution < 1.29 is 0 Å². The largest absolute Gasteiger partial charge is 0.328 e. The molecular formula is C10H16BrNS. The fourth-order valence-electron chi connectivity index (χ4n) is 1.25. The third-order valence-corrected chi connectivity index (χ3v) is 3.99. The third kappa shape index (κ3) is 3.79. The van der Waals surface area contributed by atoms with Gasteiger partial charge in [-0.3, -0.25) is 0 Å². The molecule has 1 heterocycles. The van der Waals surface area contributed by atoms with Crippen molar-refractivity contribution in [3.8, 4) is 0 Å². The molecule has 0 aliphatic rings. The fourth-order valence-corrected chi connectivity index (χ4v) is 2.76. The van der Waals surface area contributed by atoms with Crippen molar-refractivity contribution in [2.24, 2.45) is 5.73 Å². The van der Waals surface area contributed by atoms with Crippen LogP contribution in [0.5, 0.6) is 0 Å². The van der Waals surface area contributed by atoms with E-state index in [2.05, 4.69) is 41.9 Å². The number of thiophene rings is 1. The highest BCUT2D eigenvalue weighted by atomic mass is 79.9. The van der Waals surface area contributed by atoms with Gasteiger partial charge in [-0.1, -0.05) is 6.92 Å². The maximum absolute atomic E-state index is 5.72. The molecule has 74 valence electrons. The number of rotatable bonds is 4. The molecule has 3 heteroatoms. The van der Waals surface area contributed by atoms with Crippen molar-refractivity contribution in [3.05, 3.63) is 20.8 Å². The van der Waals surface area contributed by atoms with Gasteiger partial charge in [-0.25, -0.2) is 0 Å². The molecular weight excluding hydrogens is 246 g/mol. The lowest BCUT2D eigenvalue weighted by Gasteiger charge is -2.10. The molecule has 0 saturated heterocycles. The summed E-state index contributed by atoms with van der Waals surface area (Å²) in [6.45, 7) is 4.33. The number of hydrogen-bond donors (Lipinski definition) is 1. The Morgan fingerprint density at radius 2 is 2.08 bits per heavy atom. The van der Waals surface area contributed by atoms with Gasteiger partial charge >= 0.3 is 0 Å². The molecule has 0 spiro atoms. The van der Waals surface area contributed by atoms with Crippen LogP contribution in [0.4, 0.5) is 0 Å². The first kappa shape index (κ1) is 11.2. The van der Waals surface area contributed by atoms with Gasteiger partial charge in [-0.05, 0) is 53.7 Å². The highest BCUT2D eigenvalue weighted by molar-refractivity contribution is 9.11. The zero-order valence-corrected chi connectivity index (χ0v) is 10.5. The molecule has 0 aliphatic heterocycles. The van der Waals surface area contributed by atoms with Crippen molar-refractivity contribution in [2.45, 2.75) is 38.6 Å². The molecule has 1 nitrogen and oxygen atoms in total. The summed E-state index contributed by atoms with van der Waals surface area (Å²) >= 11 is 5.30. The molecule has 0 fully saturated rings. The lowest BCUT2D eigenvalue weighted by Crippen LogP contribution is -2.15. The van der Waals surface area contributed by atoms with E-state index >= 15 is 0 Å². The zero-order valence-electron chi connectivity index (χ0n) is 8.09. The van der Waals surface area contributed by atoms with E-state index in [0.717, 1.165) is 6.42 Å². The van der Waals surface area contributed by atoms with Crippen LogP contribution in [0.2, 0.25) is 0 Å². The van der Waals surface area contributed by atoms with Gasteiger partial charge in [0.05, 0.1) is 3.79 Å². The van der Waals surface area contributed by atoms with Crippen LogP contribution in [-0.4, -0.2) is 6.04 Å². The molecule has 0 aliphatic carbocycles. The van der Waals surface area contributed by atoms with E-state index in [9.17, 15) is 0 Å². The van der Waals surface area contributed by atoms with E-state index in [4.69, 9.17) is 5.73 Å². The first-order chi connectivity index (χ1) is 6.09. The smallest absolute Gasteiger partial charge is 0.0701 e. The first-order valence-corrected chi connectivity index (χ1v) is 6.21. The summed E-state index contributed by atoms with van der Waals surface area (Å²) in [6.07, 6.45) is 2.29. The van der Waals surface area contributed by atoms with Gasteiger partial charge in [0.2, 0.25) is 0 Å². The first-order valence-electron chi connectivity index (χ1n) is 4.60. The Morgan fingerprint density at radius 3 is 2.54 bits per heavy atom. The third-order valence-electron chi connectivity index (χ3n) is 2.13. The maximum Gasteiger partial charge on any atom is 0.0701 e. The predicted molar refractivity (Wildman–Crippen MR) is 63.3 cm³/mol. The van der Waals surface area contributed by atoms with Gasteiger partial charge in [-0.15, -0.1) is 11.3 Å². The highest BCUT2D eigenvalue weighted by Crippen LogP contribution is 2.30. The SMILES string of the molecule is CC(N)CCC(C)c1ccc(Br)s1. The van der Waals surface area contributed by atoms with Crippen molar-refractivity contribution >= 4 is 27.3 Å². The Morgan fingerprint density at radius 1 is 1.38 bits per heavy atom. The molecule has 0 radical (unpaired) electrons. The van der Waals surface area contributed by atoms with Crippen molar-refractivity contribution in [3.63, 3.8) is 0 Å². The van der Waals surface area contributed by atoms with Crippen LogP contribution in [0.25, 0.3) is 0 Å². The van der Waals surface area contributed by atoms with Gasteiger partial charge in [0.1, 0.15) is 0 Å². The monoisotopic (exact) mass is 261 g/mol. The Hall–Kier alpha value is 0.140. The maximum atomic E-state index is 5.72. The van der Waals surface area contributed by atoms with Crippen molar-refractivity contribution in [1.29, 1.82) is 0 Å². The van der Waals surface area contributed by atoms with Crippen LogP contribution < -0.4 is 5.73 Å². The van der Waals surface area contributed by atoms with Crippen LogP contribution in [0, 0.1) is 0 Å². The molecule has 13 heavy (non-hydrogen) atoms. The zero-order chi connectivity index (χ0) is 9.84. The van der Waals surface area contributed by atoms with E-state index in [1.54, 1.807) is 0 Å². The van der Waals surface area contributed by atoms with E-state index in [-0.39, 0.29) is 0 Å². The summed E-state index contributed by atoms with van der Waals surface area (Å²) in [4.78, 5) is 1.45. The quantitative estimate of drug-likeness (QED) is 0.878. The van der Waals surface area contributed by atoms with E-state index in [1.807, 2.05) is 11.3 Å². The Kier molecular flexibility index (Phi) is 4.42. The second-order valence-corrected chi connectivity index (χ2v) is 6.09. The average molecular weight is 262 g/mol. The summed E-state index contributed by atoms with van der Waals surface area (Å²) in [7, 11) is 0. The second-order valence-electron chi connectivity index (χ2n) is 3.60. The predicted octanol–water partition coefficient (Wildman–Crippen LogP) is 3.74. The van der Waals surface area contributed by atoms with Gasteiger partial charge in [-0.2, -0.15) is 0 Å². The van der Waals surface area contributed by atoms with Gasteiger partial charge in [0.25, 0.3) is 0 Å². The second kappa shape index (κ2) is 5.13. The molecule has 1 aromatic rings. The van der Waals surface area contributed by atoms with Crippen LogP contribution >= 0.6 is 27.3 Å². The van der Waals surface area contributed by atoms with Crippen molar-refractivity contribution in [2.75, 3.05) is 0 Å². The molecule has 1 aromatic heterocycles. The molecule has 1 rings (SSSR count). The highest BCUT2D eigenvalue weighted by Gasteiger charge is 2.08. The minimum atomic E-state index is 0.325. The molecule has 0 bridgehead atoms. The number of halogens is 1. The van der Waals surface area contributed by atoms with Gasteiger partial charge < -0.3 is 5.73 Å². The van der Waals surface area contributed by atoms with Gasteiger partial charge in [0, 0.05) is 10.9 Å². The van der Waals surface area contributed by atoms with E-state index in [1.165, 1.54) is 15.1 Å². The molecule has 2 atom stereocenters. The van der Waals surface area contributed by atoms with Crippen LogP contribution in [-0.2, 0) is 0 Å². The molecule has 2 unspecified atom stereocenters. The summed E-state index contributed by atoms with van der Waals surface area (Å²) in [5.74, 6) is 0.641. The minimum absolute atomic E-state index is 0.325. The number of hydrogen-bond acceptors (Lipinski definition) is 2. The summed E-state index contributed by atoms with van der Waals surface area (Å²) < 4.78 is 1.22. The normalized spacial score (nSPS) is 15.7. The standard InChI is InChI=1S/C10H16BrNS/c1-7(3-4-8(2)12)9-5-6-10(11)13-9/h5-8H,3-4,12H2,1-2H3.